The van der Waals surface area contributed by atoms with Crippen molar-refractivity contribution in [1.82, 2.24) is 15.0 Å². The standard InChI is InChI=1S/C26H17N3O/c1-16-8-9-22-21-6-3-7-23(25(21)30-26(22)29-16)24-14-17(10-13-28-24)19-5-2-4-18-15-27-12-11-20(18)19/h2-15H,1H3/i1D3. The molecule has 0 aliphatic rings. The van der Waals surface area contributed by atoms with Crippen molar-refractivity contribution in [1.29, 1.82) is 0 Å². The van der Waals surface area contributed by atoms with Gasteiger partial charge in [0.15, 0.2) is 0 Å². The van der Waals surface area contributed by atoms with Gasteiger partial charge in [0.05, 0.1) is 5.69 Å². The fourth-order valence-corrected chi connectivity index (χ4v) is 4.00. The third-order valence-corrected chi connectivity index (χ3v) is 5.39. The molecule has 4 heterocycles. The molecule has 0 fully saturated rings. The maximum absolute atomic E-state index is 7.64. The summed E-state index contributed by atoms with van der Waals surface area (Å²) in [5, 5.41) is 3.84. The lowest BCUT2D eigenvalue weighted by atomic mass is 9.98. The van der Waals surface area contributed by atoms with E-state index in [0.29, 0.717) is 11.3 Å². The number of aryl methyl sites for hydroxylation is 1. The molecule has 142 valence electrons. The highest BCUT2D eigenvalue weighted by Crippen LogP contribution is 2.36. The summed E-state index contributed by atoms with van der Waals surface area (Å²) in [5.74, 6) is 0. The van der Waals surface area contributed by atoms with Crippen LogP contribution in [0.15, 0.2) is 89.7 Å². The van der Waals surface area contributed by atoms with E-state index in [4.69, 9.17) is 8.53 Å². The minimum atomic E-state index is -2.29. The highest BCUT2D eigenvalue weighted by Gasteiger charge is 2.14. The molecule has 6 rings (SSSR count). The zero-order chi connectivity index (χ0) is 22.6. The number of hydrogen-bond acceptors (Lipinski definition) is 4. The van der Waals surface area contributed by atoms with Crippen LogP contribution in [-0.2, 0) is 0 Å². The van der Waals surface area contributed by atoms with Gasteiger partial charge in [-0.05, 0) is 59.8 Å². The zero-order valence-corrected chi connectivity index (χ0v) is 15.8. The van der Waals surface area contributed by atoms with Gasteiger partial charge in [0.25, 0.3) is 0 Å². The predicted molar refractivity (Wildman–Crippen MR) is 120 cm³/mol. The molecule has 0 spiro atoms. The van der Waals surface area contributed by atoms with Gasteiger partial charge in [0.2, 0.25) is 5.71 Å². The second-order valence-corrected chi connectivity index (χ2v) is 7.17. The van der Waals surface area contributed by atoms with Crippen LogP contribution in [0.5, 0.6) is 0 Å². The van der Waals surface area contributed by atoms with Crippen molar-refractivity contribution in [2.45, 2.75) is 6.85 Å². The molecular weight excluding hydrogens is 370 g/mol. The fourth-order valence-electron chi connectivity index (χ4n) is 4.00. The van der Waals surface area contributed by atoms with Crippen LogP contribution in [0, 0.1) is 6.85 Å². The van der Waals surface area contributed by atoms with E-state index in [0.717, 1.165) is 43.9 Å². The average Bonchev–Trinajstić information content (AvgIpc) is 3.21. The van der Waals surface area contributed by atoms with Gasteiger partial charge in [0, 0.05) is 50.1 Å². The molecular formula is C26H17N3O. The summed E-state index contributed by atoms with van der Waals surface area (Å²) >= 11 is 0. The molecule has 0 radical (unpaired) electrons. The van der Waals surface area contributed by atoms with Gasteiger partial charge in [-0.15, -0.1) is 0 Å². The van der Waals surface area contributed by atoms with Crippen molar-refractivity contribution in [3.63, 3.8) is 0 Å². The second-order valence-electron chi connectivity index (χ2n) is 7.17. The number of furan rings is 1. The Kier molecular flexibility index (Phi) is 3.03. The summed E-state index contributed by atoms with van der Waals surface area (Å²) in [6.07, 6.45) is 5.44. The Morgan fingerprint density at radius 2 is 1.77 bits per heavy atom. The first kappa shape index (κ1) is 14.0. The Bertz CT molecular complexity index is 1670. The predicted octanol–water partition coefficient (Wildman–Crippen LogP) is 6.57. The fraction of sp³-hybridized carbons (Fsp3) is 0.0385. The minimum absolute atomic E-state index is 0.0150. The number of hydrogen-bond donors (Lipinski definition) is 0. The van der Waals surface area contributed by atoms with E-state index in [1.165, 1.54) is 6.07 Å². The molecule has 2 aromatic carbocycles. The molecule has 4 nitrogen and oxygen atoms in total. The molecule has 0 atom stereocenters. The molecule has 0 aliphatic carbocycles. The maximum Gasteiger partial charge on any atom is 0.227 e. The number of rotatable bonds is 2. The molecule has 0 aliphatic heterocycles. The molecule has 0 N–H and O–H groups in total. The Morgan fingerprint density at radius 1 is 0.833 bits per heavy atom. The van der Waals surface area contributed by atoms with E-state index in [9.17, 15) is 0 Å². The van der Waals surface area contributed by atoms with E-state index in [2.05, 4.69) is 21.0 Å². The SMILES string of the molecule is [2H]C([2H])([2H])c1ccc2c(n1)oc1c(-c3cc(-c4cccc5cnccc45)ccn3)cccc12. The van der Waals surface area contributed by atoms with Crippen LogP contribution in [0.4, 0.5) is 0 Å². The molecule has 0 unspecified atom stereocenters. The van der Waals surface area contributed by atoms with Gasteiger partial charge < -0.3 is 4.42 Å². The average molecular weight is 390 g/mol. The van der Waals surface area contributed by atoms with Crippen molar-refractivity contribution < 1.29 is 8.53 Å². The van der Waals surface area contributed by atoms with Crippen LogP contribution in [0.2, 0.25) is 0 Å². The van der Waals surface area contributed by atoms with Crippen LogP contribution in [0.25, 0.3) is 55.2 Å². The van der Waals surface area contributed by atoms with Crippen molar-refractivity contribution in [3.8, 4) is 22.4 Å². The first-order valence-corrected chi connectivity index (χ1v) is 9.61. The largest absolute Gasteiger partial charge is 0.437 e. The number of benzene rings is 2. The van der Waals surface area contributed by atoms with Crippen molar-refractivity contribution >= 4 is 32.8 Å². The van der Waals surface area contributed by atoms with E-state index in [1.807, 2.05) is 54.7 Å². The lowest BCUT2D eigenvalue weighted by Crippen LogP contribution is -1.87. The van der Waals surface area contributed by atoms with Crippen LogP contribution < -0.4 is 0 Å². The monoisotopic (exact) mass is 390 g/mol. The van der Waals surface area contributed by atoms with Crippen LogP contribution in [0.3, 0.4) is 0 Å². The zero-order valence-electron chi connectivity index (χ0n) is 18.8. The molecule has 30 heavy (non-hydrogen) atoms. The number of nitrogens with zero attached hydrogens (tertiary/aromatic N) is 3. The summed E-state index contributed by atoms with van der Waals surface area (Å²) in [5.41, 5.74) is 4.68. The van der Waals surface area contributed by atoms with Crippen molar-refractivity contribution in [2.75, 3.05) is 0 Å². The molecule has 4 heteroatoms. The Labute approximate surface area is 177 Å². The Hall–Kier alpha value is -4.05. The van der Waals surface area contributed by atoms with Crippen molar-refractivity contribution in [2.24, 2.45) is 0 Å². The second kappa shape index (κ2) is 6.49. The lowest BCUT2D eigenvalue weighted by Gasteiger charge is -2.08. The minimum Gasteiger partial charge on any atom is -0.437 e. The molecule has 0 amide bonds. The summed E-state index contributed by atoms with van der Waals surface area (Å²) < 4.78 is 29.0. The van der Waals surface area contributed by atoms with Gasteiger partial charge in [-0.25, -0.2) is 4.98 Å². The van der Waals surface area contributed by atoms with Crippen LogP contribution in [-0.4, -0.2) is 15.0 Å². The summed E-state index contributed by atoms with van der Waals surface area (Å²) in [6.45, 7) is -2.29. The smallest absolute Gasteiger partial charge is 0.227 e. The highest BCUT2D eigenvalue weighted by atomic mass is 16.3. The summed E-state index contributed by atoms with van der Waals surface area (Å²) in [7, 11) is 0. The number of aromatic nitrogens is 3. The van der Waals surface area contributed by atoms with E-state index < -0.39 is 6.85 Å². The van der Waals surface area contributed by atoms with E-state index in [1.54, 1.807) is 18.5 Å². The van der Waals surface area contributed by atoms with Gasteiger partial charge in [-0.3, -0.25) is 9.97 Å². The topological polar surface area (TPSA) is 51.8 Å². The summed E-state index contributed by atoms with van der Waals surface area (Å²) in [4.78, 5) is 13.1. The normalized spacial score (nSPS) is 13.4. The first-order valence-electron chi connectivity index (χ1n) is 11.1. The van der Waals surface area contributed by atoms with Crippen LogP contribution >= 0.6 is 0 Å². The van der Waals surface area contributed by atoms with Gasteiger partial charge in [0.1, 0.15) is 5.58 Å². The highest BCUT2D eigenvalue weighted by molar-refractivity contribution is 6.08. The van der Waals surface area contributed by atoms with Crippen LogP contribution in [0.1, 0.15) is 9.81 Å². The van der Waals surface area contributed by atoms with Gasteiger partial charge in [-0.1, -0.05) is 30.3 Å². The van der Waals surface area contributed by atoms with Crippen molar-refractivity contribution in [3.05, 3.63) is 91.0 Å². The molecule has 6 aromatic rings. The molecule has 0 saturated heterocycles. The quantitative estimate of drug-likeness (QED) is 0.336. The number of para-hydroxylation sites is 1. The summed E-state index contributed by atoms with van der Waals surface area (Å²) in [6, 6.07) is 21.3. The Balaban J connectivity index is 1.54. The maximum atomic E-state index is 7.64. The van der Waals surface area contributed by atoms with E-state index >= 15 is 0 Å². The third kappa shape index (κ3) is 2.58. The number of pyridine rings is 3. The molecule has 4 aromatic heterocycles. The van der Waals surface area contributed by atoms with Gasteiger partial charge >= 0.3 is 0 Å². The molecule has 0 saturated carbocycles. The molecule has 0 bridgehead atoms. The third-order valence-electron chi connectivity index (χ3n) is 5.39. The van der Waals surface area contributed by atoms with Gasteiger partial charge in [-0.2, -0.15) is 0 Å². The lowest BCUT2D eigenvalue weighted by molar-refractivity contribution is 0.653. The first-order chi connectivity index (χ1) is 16.0. The van der Waals surface area contributed by atoms with E-state index in [-0.39, 0.29) is 5.69 Å². The Morgan fingerprint density at radius 3 is 2.73 bits per heavy atom. The number of fused-ring (bicyclic) bond motifs is 4.